The van der Waals surface area contributed by atoms with E-state index >= 15 is 0 Å². The highest BCUT2D eigenvalue weighted by atomic mass is 16.5. The van der Waals surface area contributed by atoms with Gasteiger partial charge in [-0.25, -0.2) is 0 Å². The molecular formula is C56H78O4. The summed E-state index contributed by atoms with van der Waals surface area (Å²) in [6, 6.07) is 38.0. The maximum absolute atomic E-state index is 6.82. The van der Waals surface area contributed by atoms with Crippen LogP contribution in [-0.2, 0) is 22.7 Å². The second-order valence-electron chi connectivity index (χ2n) is 18.3. The van der Waals surface area contributed by atoms with Crippen LogP contribution in [0.4, 0.5) is 0 Å². The summed E-state index contributed by atoms with van der Waals surface area (Å²) in [7, 11) is 0. The van der Waals surface area contributed by atoms with Crippen molar-refractivity contribution in [2.24, 2.45) is 23.7 Å². The highest BCUT2D eigenvalue weighted by Gasteiger charge is 2.27. The van der Waals surface area contributed by atoms with Crippen LogP contribution in [0.3, 0.4) is 0 Å². The van der Waals surface area contributed by atoms with E-state index in [0.29, 0.717) is 13.2 Å². The van der Waals surface area contributed by atoms with Crippen LogP contribution in [0, 0.1) is 23.7 Å². The highest BCUT2D eigenvalue weighted by Crippen LogP contribution is 2.38. The first kappa shape index (κ1) is 45.9. The molecule has 6 rings (SSSR count). The van der Waals surface area contributed by atoms with E-state index in [4.69, 9.17) is 18.9 Å². The predicted octanol–water partition coefficient (Wildman–Crippen LogP) is 16.0. The summed E-state index contributed by atoms with van der Waals surface area (Å²) in [5, 5.41) is 0. The Balaban J connectivity index is 0.955. The van der Waals surface area contributed by atoms with Crippen molar-refractivity contribution in [3.05, 3.63) is 131 Å². The van der Waals surface area contributed by atoms with Crippen molar-refractivity contribution in [3.8, 4) is 11.5 Å². The molecule has 0 radical (unpaired) electrons. The third-order valence-corrected chi connectivity index (χ3v) is 13.7. The smallest absolute Gasteiger partial charge is 0.119 e. The SMILES string of the molecule is CCCCC[C@H]1CC[C@H](CCCOc2ccc(CO[C@H](c3ccccc3)[C@H](OCc3ccc(OCCC[C@H]4CC[C@H](CCCCC)CC4)cc3)c3ccccc3)cc2)CC1. The molecule has 0 saturated heterocycles. The molecule has 0 heterocycles. The minimum Gasteiger partial charge on any atom is -0.494 e. The normalized spacial score (nSPS) is 20.4. The molecule has 4 nitrogen and oxygen atoms in total. The van der Waals surface area contributed by atoms with Gasteiger partial charge in [0.25, 0.3) is 0 Å². The molecule has 0 N–H and O–H groups in total. The van der Waals surface area contributed by atoms with Gasteiger partial charge in [0.05, 0.1) is 26.4 Å². The van der Waals surface area contributed by atoms with Crippen molar-refractivity contribution in [1.29, 1.82) is 0 Å². The fourth-order valence-corrected chi connectivity index (χ4v) is 9.85. The summed E-state index contributed by atoms with van der Waals surface area (Å²) in [5.74, 6) is 5.60. The van der Waals surface area contributed by atoms with E-state index in [0.717, 1.165) is 83.5 Å². The number of hydrogen-bond donors (Lipinski definition) is 0. The molecule has 0 amide bonds. The van der Waals surface area contributed by atoms with Crippen LogP contribution in [0.2, 0.25) is 0 Å². The Morgan fingerprint density at radius 2 is 0.733 bits per heavy atom. The van der Waals surface area contributed by atoms with Gasteiger partial charge in [-0.05, 0) is 95.9 Å². The molecule has 0 unspecified atom stereocenters. The number of benzene rings is 4. The van der Waals surface area contributed by atoms with Gasteiger partial charge in [0.2, 0.25) is 0 Å². The topological polar surface area (TPSA) is 36.9 Å². The molecule has 326 valence electrons. The minimum absolute atomic E-state index is 0.297. The third kappa shape index (κ3) is 16.0. The van der Waals surface area contributed by atoms with Crippen LogP contribution in [-0.4, -0.2) is 13.2 Å². The molecule has 2 saturated carbocycles. The van der Waals surface area contributed by atoms with Crippen molar-refractivity contribution < 1.29 is 18.9 Å². The second kappa shape index (κ2) is 26.7. The van der Waals surface area contributed by atoms with Crippen molar-refractivity contribution in [2.75, 3.05) is 13.2 Å². The van der Waals surface area contributed by atoms with E-state index in [1.807, 2.05) is 0 Å². The van der Waals surface area contributed by atoms with E-state index < -0.39 is 0 Å². The summed E-state index contributed by atoms with van der Waals surface area (Å²) in [5.41, 5.74) is 4.43. The lowest BCUT2D eigenvalue weighted by molar-refractivity contribution is -0.0908. The Kier molecular flexibility index (Phi) is 20.4. The molecule has 2 aliphatic carbocycles. The van der Waals surface area contributed by atoms with Crippen LogP contribution in [0.5, 0.6) is 11.5 Å². The van der Waals surface area contributed by atoms with Crippen molar-refractivity contribution in [1.82, 2.24) is 0 Å². The van der Waals surface area contributed by atoms with E-state index in [2.05, 4.69) is 123 Å². The van der Waals surface area contributed by atoms with Crippen LogP contribution in [0.25, 0.3) is 0 Å². The largest absolute Gasteiger partial charge is 0.494 e. The monoisotopic (exact) mass is 815 g/mol. The molecule has 4 aromatic carbocycles. The maximum atomic E-state index is 6.82. The first-order valence-corrected chi connectivity index (χ1v) is 24.4. The summed E-state index contributed by atoms with van der Waals surface area (Å²) in [6.45, 7) is 7.13. The van der Waals surface area contributed by atoms with Gasteiger partial charge in [0.1, 0.15) is 23.7 Å². The van der Waals surface area contributed by atoms with Gasteiger partial charge in [0, 0.05) is 0 Å². The lowest BCUT2D eigenvalue weighted by Crippen LogP contribution is -2.18. The minimum atomic E-state index is -0.297. The zero-order valence-electron chi connectivity index (χ0n) is 37.5. The van der Waals surface area contributed by atoms with Crippen molar-refractivity contribution in [3.63, 3.8) is 0 Å². The van der Waals surface area contributed by atoms with E-state index in [9.17, 15) is 0 Å². The van der Waals surface area contributed by atoms with Crippen LogP contribution >= 0.6 is 0 Å². The average Bonchev–Trinajstić information content (AvgIpc) is 3.30. The van der Waals surface area contributed by atoms with Gasteiger partial charge in [-0.2, -0.15) is 0 Å². The van der Waals surface area contributed by atoms with Gasteiger partial charge in [-0.3, -0.25) is 0 Å². The first-order valence-electron chi connectivity index (χ1n) is 24.4. The Morgan fingerprint density at radius 1 is 0.400 bits per heavy atom. The van der Waals surface area contributed by atoms with E-state index in [1.54, 1.807) is 0 Å². The van der Waals surface area contributed by atoms with E-state index in [1.165, 1.54) is 116 Å². The number of hydrogen-bond acceptors (Lipinski definition) is 4. The lowest BCUT2D eigenvalue weighted by atomic mass is 9.78. The maximum Gasteiger partial charge on any atom is 0.119 e. The summed E-state index contributed by atoms with van der Waals surface area (Å²) < 4.78 is 26.0. The molecule has 0 aliphatic heterocycles. The van der Waals surface area contributed by atoms with Crippen LogP contribution in [0.1, 0.15) is 177 Å². The predicted molar refractivity (Wildman–Crippen MR) is 249 cm³/mol. The van der Waals surface area contributed by atoms with Gasteiger partial charge >= 0.3 is 0 Å². The summed E-state index contributed by atoms with van der Waals surface area (Å²) in [4.78, 5) is 0. The molecule has 2 atom stereocenters. The molecule has 0 bridgehead atoms. The third-order valence-electron chi connectivity index (χ3n) is 13.7. The Hall–Kier alpha value is -3.60. The second-order valence-corrected chi connectivity index (χ2v) is 18.3. The van der Waals surface area contributed by atoms with Gasteiger partial charge in [0.15, 0.2) is 0 Å². The lowest BCUT2D eigenvalue weighted by Gasteiger charge is -2.29. The fraction of sp³-hybridized carbons (Fsp3) is 0.571. The Morgan fingerprint density at radius 3 is 1.07 bits per heavy atom. The summed E-state index contributed by atoms with van der Waals surface area (Å²) in [6.07, 6.45) is 26.8. The van der Waals surface area contributed by atoms with Crippen LogP contribution < -0.4 is 9.47 Å². The van der Waals surface area contributed by atoms with Gasteiger partial charge < -0.3 is 18.9 Å². The molecular weight excluding hydrogens is 737 g/mol. The zero-order valence-corrected chi connectivity index (χ0v) is 37.5. The zero-order chi connectivity index (χ0) is 41.5. The average molecular weight is 815 g/mol. The van der Waals surface area contributed by atoms with E-state index in [-0.39, 0.29) is 12.2 Å². The first-order chi connectivity index (χ1) is 29.7. The van der Waals surface area contributed by atoms with Gasteiger partial charge in [-0.1, -0.05) is 202 Å². The number of rotatable bonds is 27. The molecule has 0 aromatic heterocycles. The summed E-state index contributed by atoms with van der Waals surface area (Å²) >= 11 is 0. The van der Waals surface area contributed by atoms with Crippen LogP contribution in [0.15, 0.2) is 109 Å². The molecule has 0 spiro atoms. The highest BCUT2D eigenvalue weighted by molar-refractivity contribution is 5.29. The molecule has 2 fully saturated rings. The van der Waals surface area contributed by atoms with Crippen molar-refractivity contribution in [2.45, 2.75) is 168 Å². The Labute approximate surface area is 365 Å². The fourth-order valence-electron chi connectivity index (χ4n) is 9.85. The Bertz CT molecular complexity index is 1530. The molecule has 2 aliphatic rings. The molecule has 60 heavy (non-hydrogen) atoms. The molecule has 4 aromatic rings. The quantitative estimate of drug-likeness (QED) is 0.0562. The number of unbranched alkanes of at least 4 members (excludes halogenated alkanes) is 4. The number of ether oxygens (including phenoxy) is 4. The van der Waals surface area contributed by atoms with Crippen molar-refractivity contribution >= 4 is 0 Å². The standard InChI is InChI=1S/C56H78O4/c1-3-5-9-17-45-25-29-47(30-26-45)19-15-41-57-53-37-33-49(34-38-53)43-59-55(51-21-11-7-12-22-51)56(52-23-13-8-14-24-52)60-44-50-35-39-54(40-36-50)58-42-16-20-48-31-27-46(28-32-48)18-10-6-4-2/h7-8,11-14,21-24,33-40,45-48,55-56H,3-6,9-10,15-20,25-32,41-44H2,1-2H3/t45-,46-,47-,48-,55-,56-/m1/s1. The molecule has 4 heteroatoms. The van der Waals surface area contributed by atoms with Gasteiger partial charge in [-0.15, -0.1) is 0 Å².